The summed E-state index contributed by atoms with van der Waals surface area (Å²) < 4.78 is 43.7. The van der Waals surface area contributed by atoms with Crippen molar-refractivity contribution in [3.8, 4) is 28.0 Å². The lowest BCUT2D eigenvalue weighted by molar-refractivity contribution is -0.165. The number of hydrogen-bond acceptors (Lipinski definition) is 10. The molecule has 0 aromatic heterocycles. The second-order valence-electron chi connectivity index (χ2n) is 16.6. The number of esters is 3. The summed E-state index contributed by atoms with van der Waals surface area (Å²) in [5.41, 5.74) is 4.94. The Kier molecular flexibility index (Phi) is 19.1. The van der Waals surface area contributed by atoms with E-state index in [1.807, 2.05) is 36.4 Å². The maximum Gasteiger partial charge on any atom is 0.374 e. The van der Waals surface area contributed by atoms with Gasteiger partial charge in [-0.05, 0) is 115 Å². The van der Waals surface area contributed by atoms with Crippen LogP contribution < -0.4 is 4.74 Å². The molecule has 1 aliphatic carbocycles. The SMILES string of the molecule is C=COCC(COC(=O)C(C)=O)(COC(=O)C(C)=O)COc1ccc(-c2ccc(-c3ccc(C4CCC(CCCCC)CC4)cc3F)cc2CC)cc1CCCOC(=O)C(=C)C. The largest absolute Gasteiger partial charge is 0.501 e. The van der Waals surface area contributed by atoms with Crippen LogP contribution >= 0.6 is 0 Å². The molecule has 1 aliphatic rings. The molecule has 1 saturated carbocycles. The molecule has 0 bridgehead atoms. The molecule has 3 aromatic rings. The van der Waals surface area contributed by atoms with Gasteiger partial charge in [-0.1, -0.05) is 89.1 Å². The fourth-order valence-electron chi connectivity index (χ4n) is 7.81. The molecule has 0 amide bonds. The topological polar surface area (TPSA) is 132 Å². The third-order valence-corrected chi connectivity index (χ3v) is 11.5. The van der Waals surface area contributed by atoms with Gasteiger partial charge in [0, 0.05) is 25.0 Å². The van der Waals surface area contributed by atoms with E-state index in [4.69, 9.17) is 23.7 Å². The summed E-state index contributed by atoms with van der Waals surface area (Å²) >= 11 is 0. The summed E-state index contributed by atoms with van der Waals surface area (Å²) in [6.07, 6.45) is 12.4. The fraction of sp³-hybridized carbons (Fsp3) is 0.471. The summed E-state index contributed by atoms with van der Waals surface area (Å²) in [6, 6.07) is 17.4. The number of halogens is 1. The highest BCUT2D eigenvalue weighted by atomic mass is 19.1. The standard InChI is InChI=1S/C51H63FO10/c1-8-11-12-14-37-16-18-39(19-17-37)40-20-24-45(46(52)29-40)42-21-23-44(38(9-2)27-42)41-22-25-47(43(28-41)15-13-26-59-48(55)34(4)5)60-31-51(30-58-10-3,32-61-49(56)35(6)53)33-62-50(57)36(7)54/h10,20-25,27-29,37,39H,3-4,8-9,11-19,26,30-33H2,1-2,5-7H3. The lowest BCUT2D eigenvalue weighted by atomic mass is 9.77. The Labute approximate surface area is 366 Å². The number of hydrogen-bond donors (Lipinski definition) is 0. The molecule has 0 aliphatic heterocycles. The van der Waals surface area contributed by atoms with Gasteiger partial charge in [0.05, 0.1) is 12.9 Å². The maximum absolute atomic E-state index is 15.9. The highest BCUT2D eigenvalue weighted by molar-refractivity contribution is 6.32. The molecule has 11 heteroatoms. The number of ketones is 2. The number of Topliss-reactive ketones (excluding diaryl/α,β-unsaturated/α-hetero) is 2. The van der Waals surface area contributed by atoms with Crippen LogP contribution in [0.4, 0.5) is 4.39 Å². The van der Waals surface area contributed by atoms with Crippen molar-refractivity contribution in [3.63, 3.8) is 0 Å². The Morgan fingerprint density at radius 3 is 1.95 bits per heavy atom. The zero-order valence-electron chi connectivity index (χ0n) is 37.1. The minimum atomic E-state index is -1.37. The Morgan fingerprint density at radius 2 is 1.35 bits per heavy atom. The number of rotatable bonds is 25. The molecule has 0 radical (unpaired) electrons. The minimum absolute atomic E-state index is 0.119. The molecule has 0 spiro atoms. The van der Waals surface area contributed by atoms with E-state index in [9.17, 15) is 24.0 Å². The van der Waals surface area contributed by atoms with Crippen molar-refractivity contribution in [2.75, 3.05) is 33.0 Å². The number of unbranched alkanes of at least 4 members (excludes halogenated alkanes) is 2. The molecule has 0 N–H and O–H groups in total. The molecular weight excluding hydrogens is 792 g/mol. The molecule has 0 saturated heterocycles. The zero-order chi connectivity index (χ0) is 45.2. The Morgan fingerprint density at radius 1 is 0.726 bits per heavy atom. The molecule has 10 nitrogen and oxygen atoms in total. The van der Waals surface area contributed by atoms with Crippen LogP contribution in [0.2, 0.25) is 0 Å². The predicted molar refractivity (Wildman–Crippen MR) is 237 cm³/mol. The lowest BCUT2D eigenvalue weighted by Crippen LogP contribution is -2.44. The van der Waals surface area contributed by atoms with Crippen molar-refractivity contribution in [3.05, 3.63) is 102 Å². The number of benzene rings is 3. The first kappa shape index (κ1) is 49.1. The third kappa shape index (κ3) is 14.2. The second kappa shape index (κ2) is 24.2. The quantitative estimate of drug-likeness (QED) is 0.0203. The van der Waals surface area contributed by atoms with E-state index in [-0.39, 0.29) is 31.2 Å². The maximum atomic E-state index is 15.9. The van der Waals surface area contributed by atoms with E-state index < -0.39 is 48.1 Å². The summed E-state index contributed by atoms with van der Waals surface area (Å²) in [5.74, 6) is -3.00. The summed E-state index contributed by atoms with van der Waals surface area (Å²) in [6.45, 7) is 14.0. The van der Waals surface area contributed by atoms with Gasteiger partial charge in [-0.3, -0.25) is 9.59 Å². The predicted octanol–water partition coefficient (Wildman–Crippen LogP) is 10.4. The van der Waals surface area contributed by atoms with Crippen LogP contribution in [0, 0.1) is 17.2 Å². The van der Waals surface area contributed by atoms with Crippen LogP contribution in [0.5, 0.6) is 5.75 Å². The van der Waals surface area contributed by atoms with Gasteiger partial charge >= 0.3 is 17.9 Å². The van der Waals surface area contributed by atoms with E-state index >= 15 is 4.39 Å². The van der Waals surface area contributed by atoms with Gasteiger partial charge in [-0.15, -0.1) is 0 Å². The molecular formula is C51H63FO10. The smallest absolute Gasteiger partial charge is 0.374 e. The molecule has 62 heavy (non-hydrogen) atoms. The van der Waals surface area contributed by atoms with Gasteiger partial charge in [0.15, 0.2) is 0 Å². The van der Waals surface area contributed by atoms with Gasteiger partial charge in [-0.2, -0.15) is 0 Å². The first-order valence-corrected chi connectivity index (χ1v) is 21.8. The van der Waals surface area contributed by atoms with E-state index in [0.717, 1.165) is 72.2 Å². The van der Waals surface area contributed by atoms with Crippen molar-refractivity contribution in [1.29, 1.82) is 0 Å². The summed E-state index contributed by atoms with van der Waals surface area (Å²) in [5, 5.41) is 0. The van der Waals surface area contributed by atoms with Gasteiger partial charge in [-0.25, -0.2) is 18.8 Å². The lowest BCUT2D eigenvalue weighted by Gasteiger charge is -2.32. The number of aryl methyl sites for hydroxylation is 2. The number of carbonyl (C=O) groups excluding carboxylic acids is 5. The van der Waals surface area contributed by atoms with Crippen molar-refractivity contribution in [2.24, 2.45) is 11.3 Å². The molecule has 0 atom stereocenters. The van der Waals surface area contributed by atoms with Crippen LogP contribution in [0.25, 0.3) is 22.3 Å². The Bertz CT molecular complexity index is 2030. The van der Waals surface area contributed by atoms with Gasteiger partial charge in [0.25, 0.3) is 0 Å². The van der Waals surface area contributed by atoms with Crippen LogP contribution in [-0.4, -0.2) is 62.5 Å². The van der Waals surface area contributed by atoms with Crippen molar-refractivity contribution in [1.82, 2.24) is 0 Å². The van der Waals surface area contributed by atoms with Crippen LogP contribution in [0.3, 0.4) is 0 Å². The second-order valence-corrected chi connectivity index (χ2v) is 16.6. The van der Waals surface area contributed by atoms with E-state index in [2.05, 4.69) is 33.1 Å². The van der Waals surface area contributed by atoms with Crippen LogP contribution in [-0.2, 0) is 55.8 Å². The monoisotopic (exact) mass is 854 g/mol. The fourth-order valence-corrected chi connectivity index (χ4v) is 7.81. The highest BCUT2D eigenvalue weighted by Gasteiger charge is 2.37. The highest BCUT2D eigenvalue weighted by Crippen LogP contribution is 2.40. The third-order valence-electron chi connectivity index (χ3n) is 11.5. The molecule has 3 aromatic carbocycles. The average Bonchev–Trinajstić information content (AvgIpc) is 3.27. The van der Waals surface area contributed by atoms with Gasteiger partial charge in [0.2, 0.25) is 11.6 Å². The molecule has 334 valence electrons. The van der Waals surface area contributed by atoms with Crippen molar-refractivity contribution < 1.29 is 52.0 Å². The van der Waals surface area contributed by atoms with Crippen LogP contribution in [0.1, 0.15) is 115 Å². The molecule has 0 heterocycles. The zero-order valence-corrected chi connectivity index (χ0v) is 37.1. The summed E-state index contributed by atoms with van der Waals surface area (Å²) in [7, 11) is 0. The molecule has 4 rings (SSSR count). The average molecular weight is 855 g/mol. The van der Waals surface area contributed by atoms with E-state index in [0.29, 0.717) is 36.5 Å². The van der Waals surface area contributed by atoms with Crippen LogP contribution in [0.15, 0.2) is 79.6 Å². The van der Waals surface area contributed by atoms with Gasteiger partial charge in [0.1, 0.15) is 43.4 Å². The van der Waals surface area contributed by atoms with Crippen molar-refractivity contribution >= 4 is 29.5 Å². The van der Waals surface area contributed by atoms with E-state index in [1.165, 1.54) is 38.5 Å². The number of carbonyl (C=O) groups is 5. The normalized spacial score (nSPS) is 14.9. The Hall–Kier alpha value is -5.58. The number of ether oxygens (including phenoxy) is 5. The molecule has 0 unspecified atom stereocenters. The minimum Gasteiger partial charge on any atom is -0.501 e. The molecule has 1 fully saturated rings. The summed E-state index contributed by atoms with van der Waals surface area (Å²) in [4.78, 5) is 60.0. The first-order valence-electron chi connectivity index (χ1n) is 21.8. The first-order chi connectivity index (χ1) is 29.7. The van der Waals surface area contributed by atoms with Crippen molar-refractivity contribution in [2.45, 2.75) is 111 Å². The Balaban J connectivity index is 1.62. The van der Waals surface area contributed by atoms with Gasteiger partial charge < -0.3 is 23.7 Å². The van der Waals surface area contributed by atoms with E-state index in [1.54, 1.807) is 19.1 Å².